The van der Waals surface area contributed by atoms with Crippen molar-refractivity contribution in [2.24, 2.45) is 0 Å². The molecule has 160 valence electrons. The Morgan fingerprint density at radius 3 is 2.60 bits per heavy atom. The first kappa shape index (κ1) is 22.3. The predicted molar refractivity (Wildman–Crippen MR) is 116 cm³/mol. The van der Waals surface area contributed by atoms with Crippen molar-refractivity contribution in [1.29, 1.82) is 0 Å². The van der Waals surface area contributed by atoms with Crippen LogP contribution in [-0.4, -0.2) is 78.5 Å². The van der Waals surface area contributed by atoms with E-state index in [-0.39, 0.29) is 31.4 Å². The molecule has 10 heteroatoms. The van der Waals surface area contributed by atoms with Crippen molar-refractivity contribution in [2.75, 3.05) is 46.6 Å². The van der Waals surface area contributed by atoms with Crippen molar-refractivity contribution in [1.82, 2.24) is 9.80 Å². The van der Waals surface area contributed by atoms with E-state index in [2.05, 4.69) is 4.74 Å². The number of benzene rings is 1. The van der Waals surface area contributed by atoms with Crippen molar-refractivity contribution in [3.05, 3.63) is 34.7 Å². The van der Waals surface area contributed by atoms with Gasteiger partial charge in [-0.3, -0.25) is 19.3 Å². The minimum Gasteiger partial charge on any atom is -0.484 e. The van der Waals surface area contributed by atoms with Gasteiger partial charge in [-0.1, -0.05) is 36.1 Å². The average Bonchev–Trinajstić information content (AvgIpc) is 3.04. The lowest BCUT2D eigenvalue weighted by Crippen LogP contribution is -2.42. The fourth-order valence-corrected chi connectivity index (χ4v) is 4.17. The van der Waals surface area contributed by atoms with Crippen LogP contribution in [0, 0.1) is 0 Å². The molecule has 0 atom stereocenters. The molecule has 2 aliphatic heterocycles. The zero-order chi connectivity index (χ0) is 21.5. The van der Waals surface area contributed by atoms with Crippen LogP contribution in [0.15, 0.2) is 29.2 Å². The number of carbonyl (C=O) groups is 3. The van der Waals surface area contributed by atoms with Gasteiger partial charge in [0.05, 0.1) is 31.6 Å². The molecule has 0 saturated carbocycles. The number of thiocarbonyl (C=S) groups is 1. The number of ether oxygens (including phenoxy) is 3. The first-order valence-electron chi connectivity index (χ1n) is 9.38. The van der Waals surface area contributed by atoms with Gasteiger partial charge in [-0.25, -0.2) is 0 Å². The number of methoxy groups -OCH3 is 1. The number of hydrogen-bond donors (Lipinski definition) is 0. The minimum absolute atomic E-state index is 0.0296. The molecule has 0 aliphatic carbocycles. The van der Waals surface area contributed by atoms with E-state index in [9.17, 15) is 14.4 Å². The van der Waals surface area contributed by atoms with Gasteiger partial charge < -0.3 is 19.1 Å². The highest BCUT2D eigenvalue weighted by Gasteiger charge is 2.32. The summed E-state index contributed by atoms with van der Waals surface area (Å²) >= 11 is 6.44. The summed E-state index contributed by atoms with van der Waals surface area (Å²) in [6, 6.07) is 7.10. The number of thioether (sulfide) groups is 1. The van der Waals surface area contributed by atoms with Gasteiger partial charge in [-0.15, -0.1) is 0 Å². The number of nitrogens with zero attached hydrogens (tertiary/aromatic N) is 2. The zero-order valence-electron chi connectivity index (χ0n) is 16.5. The van der Waals surface area contributed by atoms with Gasteiger partial charge in [-0.2, -0.15) is 0 Å². The number of amides is 2. The average molecular weight is 451 g/mol. The highest BCUT2D eigenvalue weighted by Crippen LogP contribution is 2.32. The number of esters is 1. The zero-order valence-corrected chi connectivity index (χ0v) is 18.1. The van der Waals surface area contributed by atoms with Gasteiger partial charge in [0.25, 0.3) is 11.8 Å². The van der Waals surface area contributed by atoms with Crippen molar-refractivity contribution in [2.45, 2.75) is 6.42 Å². The molecule has 3 rings (SSSR count). The highest BCUT2D eigenvalue weighted by molar-refractivity contribution is 8.26. The maximum Gasteiger partial charge on any atom is 0.307 e. The third-order valence-electron chi connectivity index (χ3n) is 4.54. The molecule has 2 heterocycles. The Bertz CT molecular complexity index is 849. The molecule has 0 bridgehead atoms. The molecule has 0 radical (unpaired) electrons. The molecule has 0 spiro atoms. The van der Waals surface area contributed by atoms with Crippen LogP contribution in [0.5, 0.6) is 5.75 Å². The quantitative estimate of drug-likeness (QED) is 0.353. The normalized spacial score (nSPS) is 18.1. The number of hydrogen-bond acceptors (Lipinski definition) is 8. The van der Waals surface area contributed by atoms with E-state index >= 15 is 0 Å². The largest absolute Gasteiger partial charge is 0.484 e. The predicted octanol–water partition coefficient (Wildman–Crippen LogP) is 1.69. The maximum atomic E-state index is 12.5. The maximum absolute atomic E-state index is 12.5. The summed E-state index contributed by atoms with van der Waals surface area (Å²) in [7, 11) is 1.30. The van der Waals surface area contributed by atoms with E-state index in [0.717, 1.165) is 5.56 Å². The van der Waals surface area contributed by atoms with Crippen molar-refractivity contribution in [3.8, 4) is 5.75 Å². The fourth-order valence-electron chi connectivity index (χ4n) is 2.86. The highest BCUT2D eigenvalue weighted by atomic mass is 32.2. The van der Waals surface area contributed by atoms with Gasteiger partial charge in [0, 0.05) is 19.6 Å². The monoisotopic (exact) mass is 450 g/mol. The molecule has 1 aromatic rings. The van der Waals surface area contributed by atoms with E-state index in [4.69, 9.17) is 21.7 Å². The SMILES string of the molecule is COC(=O)CCN1C(=O)/C(=C\c2ccc(OCC(=O)N3CCOCC3)cc2)SC1=S. The second kappa shape index (κ2) is 10.6. The van der Waals surface area contributed by atoms with Crippen molar-refractivity contribution in [3.63, 3.8) is 0 Å². The first-order chi connectivity index (χ1) is 14.5. The smallest absolute Gasteiger partial charge is 0.307 e. The molecule has 0 unspecified atom stereocenters. The van der Waals surface area contributed by atoms with Crippen LogP contribution in [0.25, 0.3) is 6.08 Å². The summed E-state index contributed by atoms with van der Waals surface area (Å²) < 4.78 is 15.8. The molecule has 2 aliphatic rings. The Morgan fingerprint density at radius 2 is 1.93 bits per heavy atom. The van der Waals surface area contributed by atoms with Crippen LogP contribution in [0.2, 0.25) is 0 Å². The fraction of sp³-hybridized carbons (Fsp3) is 0.400. The Balaban J connectivity index is 1.55. The number of morpholine rings is 1. The van der Waals surface area contributed by atoms with E-state index < -0.39 is 5.97 Å². The van der Waals surface area contributed by atoms with Gasteiger partial charge >= 0.3 is 5.97 Å². The van der Waals surface area contributed by atoms with E-state index in [0.29, 0.717) is 41.3 Å². The van der Waals surface area contributed by atoms with Gasteiger partial charge in [0.2, 0.25) is 0 Å². The number of carbonyl (C=O) groups excluding carboxylic acids is 3. The second-order valence-electron chi connectivity index (χ2n) is 6.51. The van der Waals surface area contributed by atoms with E-state index in [1.165, 1.54) is 23.8 Å². The molecule has 0 N–H and O–H groups in total. The van der Waals surface area contributed by atoms with Gasteiger partial charge in [0.15, 0.2) is 6.61 Å². The lowest BCUT2D eigenvalue weighted by Gasteiger charge is -2.26. The summed E-state index contributed by atoms with van der Waals surface area (Å²) in [6.45, 7) is 2.43. The Hall–Kier alpha value is -2.43. The Kier molecular flexibility index (Phi) is 7.83. The Labute approximate surface area is 184 Å². The summed E-state index contributed by atoms with van der Waals surface area (Å²) in [5.74, 6) is -0.126. The van der Waals surface area contributed by atoms with Crippen LogP contribution >= 0.6 is 24.0 Å². The molecule has 2 fully saturated rings. The van der Waals surface area contributed by atoms with Crippen molar-refractivity contribution < 1.29 is 28.6 Å². The third kappa shape index (κ3) is 5.80. The topological polar surface area (TPSA) is 85.4 Å². The van der Waals surface area contributed by atoms with Crippen LogP contribution < -0.4 is 4.74 Å². The van der Waals surface area contributed by atoms with Crippen LogP contribution in [0.4, 0.5) is 0 Å². The van der Waals surface area contributed by atoms with Crippen LogP contribution in [-0.2, 0) is 23.9 Å². The Morgan fingerprint density at radius 1 is 1.23 bits per heavy atom. The van der Waals surface area contributed by atoms with Gasteiger partial charge in [-0.05, 0) is 23.8 Å². The molecular formula is C20H22N2O6S2. The van der Waals surface area contributed by atoms with E-state index in [1.54, 1.807) is 35.2 Å². The molecule has 1 aromatic carbocycles. The minimum atomic E-state index is -0.393. The number of rotatable bonds is 7. The van der Waals surface area contributed by atoms with Crippen LogP contribution in [0.1, 0.15) is 12.0 Å². The van der Waals surface area contributed by atoms with Crippen LogP contribution in [0.3, 0.4) is 0 Å². The second-order valence-corrected chi connectivity index (χ2v) is 8.19. The van der Waals surface area contributed by atoms with Crippen molar-refractivity contribution >= 4 is 52.2 Å². The molecule has 0 aromatic heterocycles. The summed E-state index contributed by atoms with van der Waals surface area (Å²) in [5, 5.41) is 0. The lowest BCUT2D eigenvalue weighted by molar-refractivity contribution is -0.141. The molecular weight excluding hydrogens is 428 g/mol. The summed E-state index contributed by atoms with van der Waals surface area (Å²) in [4.78, 5) is 39.6. The standard InChI is InChI=1S/C20H22N2O6S2/c1-26-18(24)6-7-22-19(25)16(30-20(22)29)12-14-2-4-15(5-3-14)28-13-17(23)21-8-10-27-11-9-21/h2-5,12H,6-11,13H2,1H3/b16-12+. The first-order valence-corrected chi connectivity index (χ1v) is 10.6. The van der Waals surface area contributed by atoms with Gasteiger partial charge in [0.1, 0.15) is 10.1 Å². The van der Waals surface area contributed by atoms with E-state index in [1.807, 2.05) is 0 Å². The third-order valence-corrected chi connectivity index (χ3v) is 5.92. The summed E-state index contributed by atoms with van der Waals surface area (Å²) in [5.41, 5.74) is 0.801. The molecule has 2 saturated heterocycles. The molecule has 2 amide bonds. The molecule has 30 heavy (non-hydrogen) atoms. The molecule has 8 nitrogen and oxygen atoms in total. The lowest BCUT2D eigenvalue weighted by atomic mass is 10.2. The summed E-state index contributed by atoms with van der Waals surface area (Å²) in [6.07, 6.45) is 1.82.